The Hall–Kier alpha value is -0.740. The van der Waals surface area contributed by atoms with Crippen LogP contribution in [0.5, 0.6) is 0 Å². The van der Waals surface area contributed by atoms with Crippen molar-refractivity contribution in [1.82, 2.24) is 0 Å². The van der Waals surface area contributed by atoms with Crippen molar-refractivity contribution in [2.24, 2.45) is 5.73 Å². The maximum Gasteiger partial charge on any atom is 0.167 e. The summed E-state index contributed by atoms with van der Waals surface area (Å²) < 4.78 is 14.0. The Balaban J connectivity index is 3.21. The van der Waals surface area contributed by atoms with Gasteiger partial charge < -0.3 is 5.73 Å². The maximum atomic E-state index is 13.7. The molecule has 0 aliphatic heterocycles. The fourth-order valence-corrected chi connectivity index (χ4v) is 1.89. The molecule has 0 amide bonds. The monoisotopic (exact) mass is 287 g/mol. The molecule has 1 aromatic carbocycles. The van der Waals surface area contributed by atoms with Gasteiger partial charge in [0.05, 0.1) is 10.0 Å². The van der Waals surface area contributed by atoms with Gasteiger partial charge >= 0.3 is 0 Å². The minimum absolute atomic E-state index is 0.128. The normalized spacial score (nSPS) is 10.9. The zero-order valence-corrected chi connectivity index (χ0v) is 11.0. The molecule has 0 unspecified atom stereocenters. The number of rotatable bonds is 4. The summed E-state index contributed by atoms with van der Waals surface area (Å²) in [5, 5.41) is 0. The van der Waals surface area contributed by atoms with E-state index in [1.807, 2.05) is 13.8 Å². The standard InChI is InChI=1S/C12H15BrFNO/c1-7(2)8-5-9(11(16)3-4-15)12(14)10(13)6-8/h5-7H,3-4,15H2,1-2H3. The number of nitrogens with two attached hydrogens (primary N) is 1. The fourth-order valence-electron chi connectivity index (χ4n) is 1.41. The van der Waals surface area contributed by atoms with Gasteiger partial charge in [-0.05, 0) is 46.1 Å². The Kier molecular flexibility index (Phi) is 4.62. The van der Waals surface area contributed by atoms with Crippen LogP contribution in [-0.2, 0) is 0 Å². The van der Waals surface area contributed by atoms with Gasteiger partial charge in [0.1, 0.15) is 5.82 Å². The number of carbonyl (C=O) groups is 1. The Labute approximate surface area is 103 Å². The summed E-state index contributed by atoms with van der Waals surface area (Å²) in [7, 11) is 0. The lowest BCUT2D eigenvalue weighted by atomic mass is 9.98. The van der Waals surface area contributed by atoms with Gasteiger partial charge in [-0.1, -0.05) is 13.8 Å². The Morgan fingerprint density at radius 3 is 2.62 bits per heavy atom. The molecule has 0 spiro atoms. The molecule has 0 saturated heterocycles. The lowest BCUT2D eigenvalue weighted by molar-refractivity contribution is 0.0981. The van der Waals surface area contributed by atoms with E-state index in [1.54, 1.807) is 12.1 Å². The van der Waals surface area contributed by atoms with Crippen molar-refractivity contribution in [1.29, 1.82) is 0 Å². The van der Waals surface area contributed by atoms with Crippen molar-refractivity contribution in [3.8, 4) is 0 Å². The first-order valence-corrected chi connectivity index (χ1v) is 5.98. The van der Waals surface area contributed by atoms with E-state index < -0.39 is 5.82 Å². The van der Waals surface area contributed by atoms with Gasteiger partial charge in [0.15, 0.2) is 5.78 Å². The minimum atomic E-state index is -0.497. The highest BCUT2D eigenvalue weighted by Crippen LogP contribution is 2.26. The Morgan fingerprint density at radius 1 is 1.50 bits per heavy atom. The number of Topliss-reactive ketones (excluding diaryl/α,β-unsaturated/α-hetero) is 1. The van der Waals surface area contributed by atoms with Crippen molar-refractivity contribution in [3.05, 3.63) is 33.5 Å². The molecule has 88 valence electrons. The van der Waals surface area contributed by atoms with Crippen molar-refractivity contribution in [2.75, 3.05) is 6.54 Å². The molecule has 0 heterocycles. The van der Waals surface area contributed by atoms with E-state index in [9.17, 15) is 9.18 Å². The van der Waals surface area contributed by atoms with Gasteiger partial charge in [-0.3, -0.25) is 4.79 Å². The van der Waals surface area contributed by atoms with E-state index in [0.29, 0.717) is 4.47 Å². The molecular weight excluding hydrogens is 273 g/mol. The van der Waals surface area contributed by atoms with E-state index in [2.05, 4.69) is 15.9 Å². The number of carbonyl (C=O) groups excluding carboxylic acids is 1. The van der Waals surface area contributed by atoms with Crippen LogP contribution in [-0.4, -0.2) is 12.3 Å². The number of hydrogen-bond acceptors (Lipinski definition) is 2. The highest BCUT2D eigenvalue weighted by Gasteiger charge is 2.16. The van der Waals surface area contributed by atoms with E-state index in [-0.39, 0.29) is 30.2 Å². The minimum Gasteiger partial charge on any atom is -0.330 e. The molecule has 0 aliphatic carbocycles. The van der Waals surface area contributed by atoms with Gasteiger partial charge in [-0.15, -0.1) is 0 Å². The van der Waals surface area contributed by atoms with E-state index in [4.69, 9.17) is 5.73 Å². The first-order valence-electron chi connectivity index (χ1n) is 5.19. The van der Waals surface area contributed by atoms with Crippen LogP contribution < -0.4 is 5.73 Å². The number of halogens is 2. The van der Waals surface area contributed by atoms with Crippen LogP contribution in [0, 0.1) is 5.82 Å². The largest absolute Gasteiger partial charge is 0.330 e. The zero-order valence-electron chi connectivity index (χ0n) is 9.39. The topological polar surface area (TPSA) is 43.1 Å². The third-order valence-corrected chi connectivity index (χ3v) is 2.97. The number of benzene rings is 1. The average molecular weight is 288 g/mol. The van der Waals surface area contributed by atoms with Gasteiger partial charge in [0.2, 0.25) is 0 Å². The highest BCUT2D eigenvalue weighted by molar-refractivity contribution is 9.10. The second kappa shape index (κ2) is 5.55. The van der Waals surface area contributed by atoms with Crippen LogP contribution in [0.1, 0.15) is 42.1 Å². The molecule has 0 radical (unpaired) electrons. The summed E-state index contributed by atoms with van der Waals surface area (Å²) in [6.07, 6.45) is 0.172. The van der Waals surface area contributed by atoms with Gasteiger partial charge in [0, 0.05) is 6.42 Å². The summed E-state index contributed by atoms with van der Waals surface area (Å²) in [4.78, 5) is 11.7. The average Bonchev–Trinajstić information content (AvgIpc) is 2.21. The van der Waals surface area contributed by atoms with Crippen molar-refractivity contribution < 1.29 is 9.18 Å². The Morgan fingerprint density at radius 2 is 2.12 bits per heavy atom. The summed E-state index contributed by atoms with van der Waals surface area (Å²) in [6.45, 7) is 4.23. The first-order chi connectivity index (χ1) is 7.47. The summed E-state index contributed by atoms with van der Waals surface area (Å²) in [5.74, 6) is -0.493. The van der Waals surface area contributed by atoms with Gasteiger partial charge in [-0.25, -0.2) is 4.39 Å². The van der Waals surface area contributed by atoms with Crippen LogP contribution in [0.4, 0.5) is 4.39 Å². The van der Waals surface area contributed by atoms with Crippen molar-refractivity contribution >= 4 is 21.7 Å². The summed E-state index contributed by atoms with van der Waals surface area (Å²) in [5.41, 5.74) is 6.36. The predicted molar refractivity (Wildman–Crippen MR) is 66.2 cm³/mol. The van der Waals surface area contributed by atoms with E-state index in [1.165, 1.54) is 0 Å². The van der Waals surface area contributed by atoms with Crippen LogP contribution in [0.15, 0.2) is 16.6 Å². The molecule has 1 rings (SSSR count). The molecule has 0 aliphatic rings. The molecule has 2 nitrogen and oxygen atoms in total. The lowest BCUT2D eigenvalue weighted by Gasteiger charge is -2.10. The van der Waals surface area contributed by atoms with E-state index in [0.717, 1.165) is 5.56 Å². The SMILES string of the molecule is CC(C)c1cc(Br)c(F)c(C(=O)CCN)c1. The van der Waals surface area contributed by atoms with Crippen LogP contribution in [0.2, 0.25) is 0 Å². The summed E-state index contributed by atoms with van der Waals surface area (Å²) in [6, 6.07) is 3.32. The second-order valence-corrected chi connectivity index (χ2v) is 4.84. The molecule has 1 aromatic rings. The fraction of sp³-hybridized carbons (Fsp3) is 0.417. The second-order valence-electron chi connectivity index (χ2n) is 3.98. The molecule has 4 heteroatoms. The van der Waals surface area contributed by atoms with Crippen LogP contribution in [0.25, 0.3) is 0 Å². The third-order valence-electron chi connectivity index (χ3n) is 2.39. The zero-order chi connectivity index (χ0) is 12.3. The van der Waals surface area contributed by atoms with E-state index >= 15 is 0 Å². The van der Waals surface area contributed by atoms with Crippen LogP contribution >= 0.6 is 15.9 Å². The quantitative estimate of drug-likeness (QED) is 0.864. The predicted octanol–water partition coefficient (Wildman–Crippen LogP) is 3.24. The maximum absolute atomic E-state index is 13.7. The smallest absolute Gasteiger partial charge is 0.167 e. The first kappa shape index (κ1) is 13.3. The molecule has 0 fully saturated rings. The summed E-state index contributed by atoms with van der Waals surface area (Å²) >= 11 is 3.13. The molecule has 16 heavy (non-hydrogen) atoms. The molecule has 0 atom stereocenters. The lowest BCUT2D eigenvalue weighted by Crippen LogP contribution is -2.11. The van der Waals surface area contributed by atoms with Crippen molar-refractivity contribution in [2.45, 2.75) is 26.2 Å². The highest BCUT2D eigenvalue weighted by atomic mass is 79.9. The third kappa shape index (κ3) is 2.89. The molecule has 2 N–H and O–H groups in total. The van der Waals surface area contributed by atoms with Crippen molar-refractivity contribution in [3.63, 3.8) is 0 Å². The van der Waals surface area contributed by atoms with Gasteiger partial charge in [0.25, 0.3) is 0 Å². The molecule has 0 bridgehead atoms. The molecule has 0 aromatic heterocycles. The Bertz CT molecular complexity index is 404. The van der Waals surface area contributed by atoms with Crippen LogP contribution in [0.3, 0.4) is 0 Å². The molecular formula is C12H15BrFNO. The van der Waals surface area contributed by atoms with Gasteiger partial charge in [-0.2, -0.15) is 0 Å². The molecule has 0 saturated carbocycles. The number of ketones is 1. The number of hydrogen-bond donors (Lipinski definition) is 1.